The molecule has 114 valence electrons. The summed E-state index contributed by atoms with van der Waals surface area (Å²) < 4.78 is 6.03. The summed E-state index contributed by atoms with van der Waals surface area (Å²) in [5.41, 5.74) is 4.09. The van der Waals surface area contributed by atoms with Crippen LogP contribution < -0.4 is 10.1 Å². The lowest BCUT2D eigenvalue weighted by Gasteiger charge is -2.30. The Morgan fingerprint density at radius 2 is 1.40 bits per heavy atom. The molecule has 0 aliphatic heterocycles. The lowest BCUT2D eigenvalue weighted by molar-refractivity contribution is 0.319. The zero-order valence-corrected chi connectivity index (χ0v) is 14.5. The first-order valence-electron chi connectivity index (χ1n) is 7.56. The van der Waals surface area contributed by atoms with Crippen molar-refractivity contribution in [3.8, 4) is 5.75 Å². The fourth-order valence-corrected chi connectivity index (χ4v) is 2.41. The van der Waals surface area contributed by atoms with Crippen LogP contribution in [0.15, 0.2) is 12.1 Å². The molecule has 2 nitrogen and oxygen atoms in total. The van der Waals surface area contributed by atoms with Gasteiger partial charge in [0, 0.05) is 17.7 Å². The highest BCUT2D eigenvalue weighted by Gasteiger charge is 2.27. The van der Waals surface area contributed by atoms with E-state index < -0.39 is 0 Å². The second-order valence-corrected chi connectivity index (χ2v) is 7.48. The first-order chi connectivity index (χ1) is 9.11. The fourth-order valence-electron chi connectivity index (χ4n) is 2.41. The fraction of sp³-hybridized carbons (Fsp3) is 0.667. The van der Waals surface area contributed by atoms with Crippen molar-refractivity contribution in [3.05, 3.63) is 28.8 Å². The van der Waals surface area contributed by atoms with Gasteiger partial charge in [0.05, 0.1) is 6.61 Å². The predicted octanol–water partition coefficient (Wildman–Crippen LogP) is 4.40. The van der Waals surface area contributed by atoms with Gasteiger partial charge in [-0.05, 0) is 30.4 Å². The minimum Gasteiger partial charge on any atom is -0.493 e. The summed E-state index contributed by atoms with van der Waals surface area (Å²) in [4.78, 5) is 0. The van der Waals surface area contributed by atoms with Gasteiger partial charge in [-0.15, -0.1) is 0 Å². The van der Waals surface area contributed by atoms with Crippen molar-refractivity contribution in [2.24, 2.45) is 0 Å². The summed E-state index contributed by atoms with van der Waals surface area (Å²) in [6, 6.07) is 4.58. The van der Waals surface area contributed by atoms with Crippen molar-refractivity contribution in [1.82, 2.24) is 5.32 Å². The Morgan fingerprint density at radius 1 is 0.950 bits per heavy atom. The van der Waals surface area contributed by atoms with Crippen molar-refractivity contribution in [1.29, 1.82) is 0 Å². The molecular weight excluding hydrogens is 246 g/mol. The number of nitrogens with one attached hydrogen (secondary N) is 1. The zero-order valence-electron chi connectivity index (χ0n) is 14.5. The van der Waals surface area contributed by atoms with Gasteiger partial charge in [0.15, 0.2) is 0 Å². The molecule has 0 unspecified atom stereocenters. The lowest BCUT2D eigenvalue weighted by atomic mass is 9.78. The smallest absolute Gasteiger partial charge is 0.126 e. The minimum absolute atomic E-state index is 0.0776. The Labute approximate surface area is 124 Å². The average molecular weight is 277 g/mol. The Morgan fingerprint density at radius 3 is 1.70 bits per heavy atom. The Hall–Kier alpha value is -1.02. The van der Waals surface area contributed by atoms with E-state index in [1.807, 2.05) is 7.05 Å². The SMILES string of the molecule is CCOc1c(C(C)(C)C)cc(CNC)cc1C(C)(C)C. The van der Waals surface area contributed by atoms with Crippen molar-refractivity contribution >= 4 is 0 Å². The van der Waals surface area contributed by atoms with Crippen molar-refractivity contribution < 1.29 is 4.74 Å². The van der Waals surface area contributed by atoms with Gasteiger partial charge in [-0.2, -0.15) is 0 Å². The maximum atomic E-state index is 6.03. The van der Waals surface area contributed by atoms with Crippen LogP contribution in [-0.2, 0) is 17.4 Å². The summed E-state index contributed by atoms with van der Waals surface area (Å²) in [7, 11) is 1.99. The minimum atomic E-state index is 0.0776. The van der Waals surface area contributed by atoms with Gasteiger partial charge in [0.1, 0.15) is 5.75 Å². The highest BCUT2D eigenvalue weighted by molar-refractivity contribution is 5.50. The maximum Gasteiger partial charge on any atom is 0.126 e. The second kappa shape index (κ2) is 6.17. The molecule has 1 aromatic rings. The molecule has 0 radical (unpaired) electrons. The van der Waals surface area contributed by atoms with Gasteiger partial charge < -0.3 is 10.1 Å². The van der Waals surface area contributed by atoms with E-state index >= 15 is 0 Å². The van der Waals surface area contributed by atoms with Crippen LogP contribution in [0.5, 0.6) is 5.75 Å². The molecule has 0 aliphatic rings. The average Bonchev–Trinajstić information content (AvgIpc) is 2.28. The summed E-state index contributed by atoms with van der Waals surface area (Å²) in [5, 5.41) is 3.25. The van der Waals surface area contributed by atoms with Crippen molar-refractivity contribution in [2.45, 2.75) is 65.8 Å². The third-order valence-corrected chi connectivity index (χ3v) is 3.43. The molecule has 1 rings (SSSR count). The Bertz CT molecular complexity index is 414. The molecule has 0 fully saturated rings. The van der Waals surface area contributed by atoms with Crippen LogP contribution in [0.4, 0.5) is 0 Å². The van der Waals surface area contributed by atoms with Gasteiger partial charge in [-0.1, -0.05) is 53.7 Å². The van der Waals surface area contributed by atoms with Gasteiger partial charge in [-0.3, -0.25) is 0 Å². The molecule has 20 heavy (non-hydrogen) atoms. The monoisotopic (exact) mass is 277 g/mol. The molecule has 0 aromatic heterocycles. The van der Waals surface area contributed by atoms with Gasteiger partial charge in [0.25, 0.3) is 0 Å². The maximum absolute atomic E-state index is 6.03. The number of hydrogen-bond acceptors (Lipinski definition) is 2. The van der Waals surface area contributed by atoms with E-state index in [1.54, 1.807) is 0 Å². The van der Waals surface area contributed by atoms with Crippen LogP contribution in [0.1, 0.15) is 65.2 Å². The first kappa shape index (κ1) is 17.0. The van der Waals surface area contributed by atoms with Crippen molar-refractivity contribution in [2.75, 3.05) is 13.7 Å². The molecule has 0 bridgehead atoms. The molecule has 1 aromatic carbocycles. The van der Waals surface area contributed by atoms with E-state index in [0.717, 1.165) is 12.3 Å². The van der Waals surface area contributed by atoms with Crippen molar-refractivity contribution in [3.63, 3.8) is 0 Å². The number of benzene rings is 1. The number of ether oxygens (including phenoxy) is 1. The lowest BCUT2D eigenvalue weighted by Crippen LogP contribution is -2.21. The molecular formula is C18H31NO. The van der Waals surface area contributed by atoms with Crippen LogP contribution in [-0.4, -0.2) is 13.7 Å². The molecule has 0 saturated heterocycles. The quantitative estimate of drug-likeness (QED) is 0.880. The molecule has 1 N–H and O–H groups in total. The van der Waals surface area contributed by atoms with Crippen LogP contribution in [0.25, 0.3) is 0 Å². The number of rotatable bonds is 4. The van der Waals surface area contributed by atoms with E-state index in [4.69, 9.17) is 4.74 Å². The normalized spacial score (nSPS) is 12.6. The van der Waals surface area contributed by atoms with Crippen LogP contribution in [0, 0.1) is 0 Å². The topological polar surface area (TPSA) is 21.3 Å². The van der Waals surface area contributed by atoms with Crippen LogP contribution in [0.2, 0.25) is 0 Å². The molecule has 0 atom stereocenters. The highest BCUT2D eigenvalue weighted by atomic mass is 16.5. The van der Waals surface area contributed by atoms with E-state index in [2.05, 4.69) is 65.9 Å². The Balaban J connectivity index is 3.57. The summed E-state index contributed by atoms with van der Waals surface area (Å²) in [6.07, 6.45) is 0. The molecule has 0 saturated carbocycles. The predicted molar refractivity (Wildman–Crippen MR) is 87.8 cm³/mol. The van der Waals surface area contributed by atoms with E-state index in [0.29, 0.717) is 6.61 Å². The third kappa shape index (κ3) is 3.99. The highest BCUT2D eigenvalue weighted by Crippen LogP contribution is 2.40. The largest absolute Gasteiger partial charge is 0.493 e. The van der Waals surface area contributed by atoms with Gasteiger partial charge in [0.2, 0.25) is 0 Å². The van der Waals surface area contributed by atoms with E-state index in [-0.39, 0.29) is 10.8 Å². The molecule has 0 heterocycles. The standard InChI is InChI=1S/C18H31NO/c1-9-20-16-14(17(2,3)4)10-13(12-19-8)11-15(16)18(5,6)7/h10-11,19H,9,12H2,1-8H3. The summed E-state index contributed by atoms with van der Waals surface area (Å²) in [5.74, 6) is 1.08. The van der Waals surface area contributed by atoms with Crippen LogP contribution in [0.3, 0.4) is 0 Å². The second-order valence-electron chi connectivity index (χ2n) is 7.48. The summed E-state index contributed by atoms with van der Waals surface area (Å²) >= 11 is 0. The van der Waals surface area contributed by atoms with Gasteiger partial charge in [-0.25, -0.2) is 0 Å². The van der Waals surface area contributed by atoms with Crippen LogP contribution >= 0.6 is 0 Å². The molecule has 0 amide bonds. The molecule has 2 heteroatoms. The first-order valence-corrected chi connectivity index (χ1v) is 7.56. The van der Waals surface area contributed by atoms with E-state index in [9.17, 15) is 0 Å². The zero-order chi connectivity index (χ0) is 15.6. The number of hydrogen-bond donors (Lipinski definition) is 1. The summed E-state index contributed by atoms with van der Waals surface area (Å²) in [6.45, 7) is 17.2. The van der Waals surface area contributed by atoms with E-state index in [1.165, 1.54) is 16.7 Å². The third-order valence-electron chi connectivity index (χ3n) is 3.43. The Kier molecular flexibility index (Phi) is 5.26. The van der Waals surface area contributed by atoms with Gasteiger partial charge >= 0.3 is 0 Å². The molecule has 0 spiro atoms. The molecule has 0 aliphatic carbocycles.